The maximum atomic E-state index is 13.1. The summed E-state index contributed by atoms with van der Waals surface area (Å²) in [6.07, 6.45) is 54.1. The summed E-state index contributed by atoms with van der Waals surface area (Å²) in [6, 6.07) is 0. The molecule has 0 aromatic carbocycles. The number of hydrogen-bond donors (Lipinski definition) is 3. The molecule has 17 nitrogen and oxygen atoms in total. The molecule has 0 rings (SSSR count). The summed E-state index contributed by atoms with van der Waals surface area (Å²) in [4.78, 5) is 72.7. The number of carbonyl (C=O) groups excluding carboxylic acids is 4. The predicted octanol–water partition coefficient (Wildman–Crippen LogP) is 21.9. The van der Waals surface area contributed by atoms with Crippen molar-refractivity contribution in [1.82, 2.24) is 0 Å². The second kappa shape index (κ2) is 66.9. The minimum Gasteiger partial charge on any atom is -0.462 e. The lowest BCUT2D eigenvalue weighted by Crippen LogP contribution is -2.30. The van der Waals surface area contributed by atoms with Crippen molar-refractivity contribution < 1.29 is 80.2 Å². The summed E-state index contributed by atoms with van der Waals surface area (Å²) < 4.78 is 68.5. The van der Waals surface area contributed by atoms with Gasteiger partial charge in [0.05, 0.1) is 26.4 Å². The molecule has 3 N–H and O–H groups in total. The fourth-order valence-corrected chi connectivity index (χ4v) is 13.1. The fraction of sp³-hybridized carbons (Fsp3) is 0.947. The fourth-order valence-electron chi connectivity index (χ4n) is 11.5. The maximum Gasteiger partial charge on any atom is 0.472 e. The molecule has 0 amide bonds. The standard InChI is InChI=1S/C75H146O17P2/c1-7-9-11-13-15-17-19-20-21-22-23-24-25-26-27-35-41-47-53-59-74(79)91-70(64-86-73(78)58-52-46-40-34-29-28-31-37-43-49-55-67(3)4)65-89-93(81,82)87-61-69(76)62-88-94(83,84)90-66-71(63-85-72(77)57-51-45-39-33-18-16-14-12-10-8-2)92-75(80)60-54-48-42-36-30-32-38-44-50-56-68(5)6/h67-71,76H,7-66H2,1-6H3,(H,81,82)(H,83,84)/t69-,70-,71-/m1/s1. The number of aliphatic hydroxyl groups excluding tert-OH is 1. The largest absolute Gasteiger partial charge is 0.472 e. The van der Waals surface area contributed by atoms with Gasteiger partial charge in [0.25, 0.3) is 0 Å². The van der Waals surface area contributed by atoms with Gasteiger partial charge in [-0.3, -0.25) is 37.3 Å². The molecule has 0 aliphatic carbocycles. The van der Waals surface area contributed by atoms with Gasteiger partial charge in [-0.2, -0.15) is 0 Å². The molecule has 0 bridgehead atoms. The number of aliphatic hydroxyl groups is 1. The van der Waals surface area contributed by atoms with E-state index in [9.17, 15) is 43.2 Å². The van der Waals surface area contributed by atoms with Crippen molar-refractivity contribution in [2.75, 3.05) is 39.6 Å². The molecular formula is C75H146O17P2. The third-order valence-corrected chi connectivity index (χ3v) is 19.4. The Kier molecular flexibility index (Phi) is 65.5. The summed E-state index contributed by atoms with van der Waals surface area (Å²) in [5.74, 6) is -0.623. The molecule has 0 aromatic rings. The minimum atomic E-state index is -4.96. The van der Waals surface area contributed by atoms with Crippen LogP contribution in [0.4, 0.5) is 0 Å². The van der Waals surface area contributed by atoms with Crippen molar-refractivity contribution >= 4 is 39.5 Å². The van der Waals surface area contributed by atoms with Crippen molar-refractivity contribution in [3.05, 3.63) is 0 Å². The summed E-state index contributed by atoms with van der Waals surface area (Å²) in [5.41, 5.74) is 0. The normalized spacial score (nSPS) is 14.0. The van der Waals surface area contributed by atoms with Gasteiger partial charge in [-0.1, -0.05) is 337 Å². The van der Waals surface area contributed by atoms with Crippen LogP contribution in [0.2, 0.25) is 0 Å². The Morgan fingerprint density at radius 1 is 0.287 bits per heavy atom. The molecular weight excluding hydrogens is 1230 g/mol. The van der Waals surface area contributed by atoms with Crippen molar-refractivity contribution in [3.63, 3.8) is 0 Å². The highest BCUT2D eigenvalue weighted by Gasteiger charge is 2.30. The van der Waals surface area contributed by atoms with E-state index in [-0.39, 0.29) is 25.7 Å². The van der Waals surface area contributed by atoms with Crippen LogP contribution < -0.4 is 0 Å². The number of rotatable bonds is 74. The van der Waals surface area contributed by atoms with E-state index in [1.165, 1.54) is 205 Å². The average Bonchev–Trinajstić information content (AvgIpc) is 1.53. The highest BCUT2D eigenvalue weighted by atomic mass is 31.2. The van der Waals surface area contributed by atoms with Gasteiger partial charge in [-0.05, 0) is 37.5 Å². The number of hydrogen-bond acceptors (Lipinski definition) is 15. The van der Waals surface area contributed by atoms with Crippen LogP contribution in [0.3, 0.4) is 0 Å². The van der Waals surface area contributed by atoms with Crippen LogP contribution in [0.15, 0.2) is 0 Å². The van der Waals surface area contributed by atoms with Crippen LogP contribution in [0.1, 0.15) is 388 Å². The Labute approximate surface area is 575 Å². The quantitative estimate of drug-likeness (QED) is 0.0222. The molecule has 0 spiro atoms. The van der Waals surface area contributed by atoms with E-state index in [0.717, 1.165) is 102 Å². The second-order valence-electron chi connectivity index (χ2n) is 28.0. The van der Waals surface area contributed by atoms with Gasteiger partial charge in [0.15, 0.2) is 12.2 Å². The van der Waals surface area contributed by atoms with E-state index < -0.39 is 97.5 Å². The topological polar surface area (TPSA) is 237 Å². The molecule has 0 aromatic heterocycles. The summed E-state index contributed by atoms with van der Waals surface area (Å²) >= 11 is 0. The molecule has 0 radical (unpaired) electrons. The van der Waals surface area contributed by atoms with E-state index in [0.29, 0.717) is 25.7 Å². The lowest BCUT2D eigenvalue weighted by atomic mass is 10.0. The lowest BCUT2D eigenvalue weighted by molar-refractivity contribution is -0.161. The Bertz CT molecular complexity index is 1820. The lowest BCUT2D eigenvalue weighted by Gasteiger charge is -2.21. The third kappa shape index (κ3) is 68.6. The first-order valence-corrected chi connectivity index (χ1v) is 42.0. The van der Waals surface area contributed by atoms with Crippen LogP contribution in [0.5, 0.6) is 0 Å². The number of carbonyl (C=O) groups is 4. The molecule has 0 heterocycles. The zero-order valence-corrected chi connectivity index (χ0v) is 63.1. The smallest absolute Gasteiger partial charge is 0.462 e. The van der Waals surface area contributed by atoms with E-state index in [1.54, 1.807) is 0 Å². The molecule has 5 atom stereocenters. The average molecular weight is 1380 g/mol. The number of esters is 4. The molecule has 2 unspecified atom stereocenters. The zero-order valence-electron chi connectivity index (χ0n) is 61.3. The zero-order chi connectivity index (χ0) is 69.3. The van der Waals surface area contributed by atoms with Gasteiger partial charge in [-0.25, -0.2) is 9.13 Å². The Hall–Kier alpha value is -1.94. The van der Waals surface area contributed by atoms with Crippen LogP contribution in [-0.2, 0) is 65.4 Å². The molecule has 19 heteroatoms. The Balaban J connectivity index is 5.22. The Morgan fingerprint density at radius 2 is 0.489 bits per heavy atom. The van der Waals surface area contributed by atoms with Crippen molar-refractivity contribution in [3.8, 4) is 0 Å². The first-order chi connectivity index (χ1) is 45.4. The van der Waals surface area contributed by atoms with E-state index in [4.69, 9.17) is 37.0 Å². The van der Waals surface area contributed by atoms with E-state index in [1.807, 2.05) is 0 Å². The van der Waals surface area contributed by atoms with Crippen molar-refractivity contribution in [1.29, 1.82) is 0 Å². The maximum absolute atomic E-state index is 13.1. The Morgan fingerprint density at radius 3 is 0.723 bits per heavy atom. The molecule has 94 heavy (non-hydrogen) atoms. The van der Waals surface area contributed by atoms with Gasteiger partial charge in [0, 0.05) is 25.7 Å². The molecule has 0 aliphatic heterocycles. The number of unbranched alkanes of at least 4 members (excludes halogenated alkanes) is 44. The van der Waals surface area contributed by atoms with Crippen LogP contribution in [0.25, 0.3) is 0 Å². The monoisotopic (exact) mass is 1380 g/mol. The molecule has 0 saturated heterocycles. The first kappa shape index (κ1) is 92.1. The van der Waals surface area contributed by atoms with Gasteiger partial charge < -0.3 is 33.8 Å². The van der Waals surface area contributed by atoms with Crippen molar-refractivity contribution in [2.24, 2.45) is 11.8 Å². The number of phosphoric acid groups is 2. The highest BCUT2D eigenvalue weighted by molar-refractivity contribution is 7.47. The second-order valence-corrected chi connectivity index (χ2v) is 30.9. The SMILES string of the molecule is CCCCCCCCCCCCCCCCCCCCCC(=O)O[C@H](COC(=O)CCCCCCCCCCCCC(C)C)COP(=O)(O)OC[C@@H](O)COP(=O)(O)OC[C@@H](COC(=O)CCCCCCCCCCCC)OC(=O)CCCCCCCCCCCC(C)C. The van der Waals surface area contributed by atoms with Gasteiger partial charge in [-0.15, -0.1) is 0 Å². The van der Waals surface area contributed by atoms with Crippen molar-refractivity contribution in [2.45, 2.75) is 407 Å². The molecule has 558 valence electrons. The molecule has 0 aliphatic rings. The number of phosphoric ester groups is 2. The van der Waals surface area contributed by atoms with Gasteiger partial charge >= 0.3 is 39.5 Å². The molecule has 0 saturated carbocycles. The molecule has 0 fully saturated rings. The summed E-state index contributed by atoms with van der Waals surface area (Å²) in [5, 5.41) is 10.6. The van der Waals surface area contributed by atoms with Gasteiger partial charge in [0.2, 0.25) is 0 Å². The summed E-state index contributed by atoms with van der Waals surface area (Å²) in [6.45, 7) is 9.55. The van der Waals surface area contributed by atoms with Gasteiger partial charge in [0.1, 0.15) is 19.3 Å². The highest BCUT2D eigenvalue weighted by Crippen LogP contribution is 2.45. The third-order valence-electron chi connectivity index (χ3n) is 17.5. The van der Waals surface area contributed by atoms with E-state index in [2.05, 4.69) is 41.5 Å². The van der Waals surface area contributed by atoms with E-state index >= 15 is 0 Å². The number of ether oxygens (including phenoxy) is 4. The predicted molar refractivity (Wildman–Crippen MR) is 381 cm³/mol. The van der Waals surface area contributed by atoms with Crippen LogP contribution in [0, 0.1) is 11.8 Å². The van der Waals surface area contributed by atoms with Crippen LogP contribution in [-0.4, -0.2) is 96.7 Å². The minimum absolute atomic E-state index is 0.105. The summed E-state index contributed by atoms with van der Waals surface area (Å²) in [7, 11) is -9.91. The van der Waals surface area contributed by atoms with Crippen LogP contribution >= 0.6 is 15.6 Å². The first-order valence-electron chi connectivity index (χ1n) is 39.0.